The number of alkyl halides is 3. The summed E-state index contributed by atoms with van der Waals surface area (Å²) in [6, 6.07) is 3.51. The monoisotopic (exact) mass is 299 g/mol. The van der Waals surface area contributed by atoms with Gasteiger partial charge in [-0.15, -0.1) is 0 Å². The summed E-state index contributed by atoms with van der Waals surface area (Å²) < 4.78 is 48.5. The van der Waals surface area contributed by atoms with Crippen LogP contribution in [-0.2, 0) is 4.79 Å². The fourth-order valence-electron chi connectivity index (χ4n) is 0.961. The summed E-state index contributed by atoms with van der Waals surface area (Å²) in [5, 5.41) is 1.95. The van der Waals surface area contributed by atoms with E-state index in [1.165, 1.54) is 12.1 Å². The van der Waals surface area contributed by atoms with E-state index in [1.54, 1.807) is 0 Å². The molecule has 7 heteroatoms. The Labute approximate surface area is 96.8 Å². The Morgan fingerprint density at radius 3 is 2.50 bits per heavy atom. The molecule has 0 saturated carbocycles. The number of rotatable bonds is 2. The van der Waals surface area contributed by atoms with Crippen LogP contribution in [0.2, 0.25) is 0 Å². The average Bonchev–Trinajstić information content (AvgIpc) is 2.08. The topological polar surface area (TPSA) is 29.1 Å². The van der Waals surface area contributed by atoms with Crippen molar-refractivity contribution >= 4 is 27.5 Å². The first-order valence-corrected chi connectivity index (χ1v) is 4.89. The molecule has 1 N–H and O–H groups in total. The van der Waals surface area contributed by atoms with Crippen LogP contribution in [0.5, 0.6) is 0 Å². The van der Waals surface area contributed by atoms with E-state index >= 15 is 0 Å². The number of carbonyl (C=O) groups excluding carboxylic acids is 1. The molecular formula is C9H6BrF4NO. The summed E-state index contributed by atoms with van der Waals surface area (Å²) in [4.78, 5) is 10.9. The van der Waals surface area contributed by atoms with Gasteiger partial charge in [-0.3, -0.25) is 4.79 Å². The minimum Gasteiger partial charge on any atom is -0.326 e. The van der Waals surface area contributed by atoms with Gasteiger partial charge < -0.3 is 5.32 Å². The maximum Gasteiger partial charge on any atom is 0.397 e. The number of carbonyl (C=O) groups is 1. The first-order chi connectivity index (χ1) is 7.28. The summed E-state index contributed by atoms with van der Waals surface area (Å²) in [7, 11) is 0. The maximum atomic E-state index is 12.9. The fraction of sp³-hybridized carbons (Fsp3) is 0.222. The SMILES string of the molecule is O=C(CC(F)(F)F)Nc1ccc(Br)c(F)c1. The van der Waals surface area contributed by atoms with Crippen LogP contribution < -0.4 is 5.32 Å². The molecule has 1 aromatic carbocycles. The van der Waals surface area contributed by atoms with Gasteiger partial charge in [-0.2, -0.15) is 13.2 Å². The second-order valence-corrected chi connectivity index (χ2v) is 3.82. The van der Waals surface area contributed by atoms with Crippen LogP contribution >= 0.6 is 15.9 Å². The molecule has 0 atom stereocenters. The van der Waals surface area contributed by atoms with Crippen LogP contribution in [0.1, 0.15) is 6.42 Å². The number of hydrogen-bond donors (Lipinski definition) is 1. The zero-order valence-corrected chi connectivity index (χ0v) is 9.32. The van der Waals surface area contributed by atoms with Gasteiger partial charge in [0.15, 0.2) is 0 Å². The van der Waals surface area contributed by atoms with Gasteiger partial charge in [0.1, 0.15) is 12.2 Å². The predicted molar refractivity (Wildman–Crippen MR) is 53.4 cm³/mol. The van der Waals surface area contributed by atoms with Crippen molar-refractivity contribution in [1.82, 2.24) is 0 Å². The van der Waals surface area contributed by atoms with Crippen molar-refractivity contribution in [3.05, 3.63) is 28.5 Å². The number of benzene rings is 1. The lowest BCUT2D eigenvalue weighted by atomic mass is 10.3. The molecule has 0 bridgehead atoms. The molecule has 0 saturated heterocycles. The van der Waals surface area contributed by atoms with Gasteiger partial charge in [-0.05, 0) is 34.1 Å². The zero-order chi connectivity index (χ0) is 12.3. The Morgan fingerprint density at radius 1 is 1.38 bits per heavy atom. The molecule has 1 aromatic rings. The molecule has 0 aromatic heterocycles. The molecule has 0 aliphatic heterocycles. The smallest absolute Gasteiger partial charge is 0.326 e. The molecule has 2 nitrogen and oxygen atoms in total. The maximum absolute atomic E-state index is 12.9. The van der Waals surface area contributed by atoms with Crippen LogP contribution in [0.3, 0.4) is 0 Å². The fourth-order valence-corrected chi connectivity index (χ4v) is 1.21. The van der Waals surface area contributed by atoms with Crippen LogP contribution in [0.15, 0.2) is 22.7 Å². The van der Waals surface area contributed by atoms with Gasteiger partial charge in [-0.25, -0.2) is 4.39 Å². The summed E-state index contributed by atoms with van der Waals surface area (Å²) >= 11 is 2.88. The Morgan fingerprint density at radius 2 is 2.00 bits per heavy atom. The van der Waals surface area contributed by atoms with E-state index in [4.69, 9.17) is 0 Å². The van der Waals surface area contributed by atoms with Crippen molar-refractivity contribution in [2.75, 3.05) is 5.32 Å². The van der Waals surface area contributed by atoms with E-state index < -0.39 is 24.3 Å². The highest BCUT2D eigenvalue weighted by Crippen LogP contribution is 2.22. The summed E-state index contributed by atoms with van der Waals surface area (Å²) in [6.07, 6.45) is -6.16. The van der Waals surface area contributed by atoms with Gasteiger partial charge >= 0.3 is 6.18 Å². The van der Waals surface area contributed by atoms with Crippen molar-refractivity contribution in [3.63, 3.8) is 0 Å². The van der Waals surface area contributed by atoms with Gasteiger partial charge in [-0.1, -0.05) is 0 Å². The van der Waals surface area contributed by atoms with E-state index in [0.29, 0.717) is 0 Å². The summed E-state index contributed by atoms with van der Waals surface area (Å²) in [5.74, 6) is -1.89. The standard InChI is InChI=1S/C9H6BrF4NO/c10-6-2-1-5(3-7(6)11)15-8(16)4-9(12,13)14/h1-3H,4H2,(H,15,16). The van der Waals surface area contributed by atoms with E-state index in [1.807, 2.05) is 5.32 Å². The lowest BCUT2D eigenvalue weighted by Gasteiger charge is -2.08. The molecule has 0 unspecified atom stereocenters. The molecule has 88 valence electrons. The molecule has 0 heterocycles. The third kappa shape index (κ3) is 4.18. The number of hydrogen-bond acceptors (Lipinski definition) is 1. The quantitative estimate of drug-likeness (QED) is 0.832. The minimum absolute atomic E-state index is 0.0186. The molecule has 0 aliphatic carbocycles. The Balaban J connectivity index is 2.67. The van der Waals surface area contributed by atoms with Crippen LogP contribution in [0.25, 0.3) is 0 Å². The van der Waals surface area contributed by atoms with Crippen molar-refractivity contribution in [1.29, 1.82) is 0 Å². The van der Waals surface area contributed by atoms with Crippen LogP contribution in [0, 0.1) is 5.82 Å². The van der Waals surface area contributed by atoms with E-state index in [-0.39, 0.29) is 10.2 Å². The average molecular weight is 300 g/mol. The highest BCUT2D eigenvalue weighted by atomic mass is 79.9. The molecule has 1 amide bonds. The third-order valence-corrected chi connectivity index (χ3v) is 2.21. The van der Waals surface area contributed by atoms with Crippen molar-refractivity contribution in [2.24, 2.45) is 0 Å². The molecular weight excluding hydrogens is 294 g/mol. The molecule has 0 spiro atoms. The Hall–Kier alpha value is -1.11. The van der Waals surface area contributed by atoms with Crippen molar-refractivity contribution in [2.45, 2.75) is 12.6 Å². The predicted octanol–water partition coefficient (Wildman–Crippen LogP) is 3.48. The lowest BCUT2D eigenvalue weighted by molar-refractivity contribution is -0.150. The first kappa shape index (κ1) is 13.0. The number of amides is 1. The minimum atomic E-state index is -4.57. The second kappa shape index (κ2) is 4.82. The molecule has 16 heavy (non-hydrogen) atoms. The number of nitrogens with one attached hydrogen (secondary N) is 1. The van der Waals surface area contributed by atoms with Crippen LogP contribution in [-0.4, -0.2) is 12.1 Å². The molecule has 0 radical (unpaired) electrons. The van der Waals surface area contributed by atoms with Crippen LogP contribution in [0.4, 0.5) is 23.2 Å². The second-order valence-electron chi connectivity index (χ2n) is 2.97. The van der Waals surface area contributed by atoms with Gasteiger partial charge in [0.2, 0.25) is 5.91 Å². The zero-order valence-electron chi connectivity index (χ0n) is 7.74. The normalized spacial score (nSPS) is 11.3. The first-order valence-electron chi connectivity index (χ1n) is 4.09. The summed E-state index contributed by atoms with van der Waals surface area (Å²) in [5.41, 5.74) is -0.0186. The lowest BCUT2D eigenvalue weighted by Crippen LogP contribution is -2.21. The van der Waals surface area contributed by atoms with Gasteiger partial charge in [0.05, 0.1) is 4.47 Å². The third-order valence-electron chi connectivity index (χ3n) is 1.56. The van der Waals surface area contributed by atoms with Gasteiger partial charge in [0.25, 0.3) is 0 Å². The highest BCUT2D eigenvalue weighted by Gasteiger charge is 2.31. The van der Waals surface area contributed by atoms with E-state index in [9.17, 15) is 22.4 Å². The van der Waals surface area contributed by atoms with Crippen molar-refractivity contribution < 1.29 is 22.4 Å². The van der Waals surface area contributed by atoms with E-state index in [2.05, 4.69) is 15.9 Å². The summed E-state index contributed by atoms with van der Waals surface area (Å²) in [6.45, 7) is 0. The molecule has 0 aliphatic rings. The Bertz CT molecular complexity index is 405. The molecule has 1 rings (SSSR count). The highest BCUT2D eigenvalue weighted by molar-refractivity contribution is 9.10. The van der Waals surface area contributed by atoms with Crippen molar-refractivity contribution in [3.8, 4) is 0 Å². The number of anilines is 1. The number of halogens is 5. The molecule has 0 fully saturated rings. The largest absolute Gasteiger partial charge is 0.397 e. The Kier molecular flexibility index (Phi) is 3.90. The van der Waals surface area contributed by atoms with Gasteiger partial charge in [0, 0.05) is 5.69 Å². The van der Waals surface area contributed by atoms with E-state index in [0.717, 1.165) is 6.07 Å².